The smallest absolute Gasteiger partial charge is 0.261 e. The minimum atomic E-state index is -0.177. The second-order valence-electron chi connectivity index (χ2n) is 6.06. The van der Waals surface area contributed by atoms with Crippen molar-refractivity contribution in [2.75, 3.05) is 7.05 Å². The molecule has 128 valence electrons. The monoisotopic (exact) mass is 353 g/mol. The summed E-state index contributed by atoms with van der Waals surface area (Å²) in [5.74, 6) is -0.113. The molecule has 25 heavy (non-hydrogen) atoms. The number of hydrogen-bond acceptors (Lipinski definition) is 3. The minimum absolute atomic E-state index is 0.0634. The zero-order valence-corrected chi connectivity index (χ0v) is 15.1. The van der Waals surface area contributed by atoms with Crippen molar-refractivity contribution < 1.29 is 4.79 Å². The Balaban J connectivity index is 1.98. The summed E-state index contributed by atoms with van der Waals surface area (Å²) in [5, 5.41) is 0.506. The molecule has 0 saturated heterocycles. The summed E-state index contributed by atoms with van der Waals surface area (Å²) < 4.78 is 1.70. The predicted octanol–water partition coefficient (Wildman–Crippen LogP) is 3.43. The number of carbonyl (C=O) groups is 1. The number of benzene rings is 2. The van der Waals surface area contributed by atoms with Crippen LogP contribution in [0.2, 0.25) is 0 Å². The van der Waals surface area contributed by atoms with Crippen LogP contribution in [0.4, 0.5) is 0 Å². The zero-order chi connectivity index (χ0) is 18.1. The molecule has 0 aliphatic heterocycles. The van der Waals surface area contributed by atoms with E-state index in [1.807, 2.05) is 37.3 Å². The van der Waals surface area contributed by atoms with Crippen molar-refractivity contribution in [2.24, 2.45) is 7.05 Å². The summed E-state index contributed by atoms with van der Waals surface area (Å²) in [7, 11) is 3.39. The Morgan fingerprint density at radius 1 is 1.20 bits per heavy atom. The number of hydrogen-bond donors (Lipinski definition) is 1. The van der Waals surface area contributed by atoms with Gasteiger partial charge in [0.15, 0.2) is 4.77 Å². The van der Waals surface area contributed by atoms with Crippen LogP contribution in [0.3, 0.4) is 0 Å². The molecule has 5 nitrogen and oxygen atoms in total. The van der Waals surface area contributed by atoms with E-state index in [2.05, 4.69) is 4.98 Å². The van der Waals surface area contributed by atoms with Gasteiger partial charge in [0.2, 0.25) is 0 Å². The van der Waals surface area contributed by atoms with Crippen LogP contribution >= 0.6 is 12.2 Å². The van der Waals surface area contributed by atoms with E-state index < -0.39 is 0 Å². The van der Waals surface area contributed by atoms with Crippen molar-refractivity contribution in [1.82, 2.24) is 14.5 Å². The molecular weight excluding hydrogens is 334 g/mol. The second kappa shape index (κ2) is 6.64. The van der Waals surface area contributed by atoms with Gasteiger partial charge < -0.3 is 9.88 Å². The Kier molecular flexibility index (Phi) is 4.55. The van der Waals surface area contributed by atoms with Gasteiger partial charge in [-0.2, -0.15) is 0 Å². The summed E-state index contributed by atoms with van der Waals surface area (Å²) in [6, 6.07) is 14.8. The molecule has 3 aromatic rings. The Labute approximate surface area is 150 Å². The highest BCUT2D eigenvalue weighted by molar-refractivity contribution is 7.71. The van der Waals surface area contributed by atoms with Gasteiger partial charge in [0, 0.05) is 19.7 Å². The van der Waals surface area contributed by atoms with Gasteiger partial charge in [-0.1, -0.05) is 30.3 Å². The van der Waals surface area contributed by atoms with E-state index in [1.54, 1.807) is 37.2 Å². The molecule has 1 aromatic heterocycles. The number of aromatic amines is 1. The first-order valence-electron chi connectivity index (χ1n) is 7.95. The lowest BCUT2D eigenvalue weighted by molar-refractivity contribution is 0.0743. The van der Waals surface area contributed by atoms with Gasteiger partial charge in [-0.25, -0.2) is 0 Å². The van der Waals surface area contributed by atoms with Crippen LogP contribution in [0.15, 0.2) is 53.3 Å². The van der Waals surface area contributed by atoms with Crippen molar-refractivity contribution in [3.8, 4) is 0 Å². The molecule has 2 aromatic carbocycles. The first-order valence-corrected chi connectivity index (χ1v) is 8.36. The van der Waals surface area contributed by atoms with E-state index in [9.17, 15) is 9.59 Å². The molecule has 0 bridgehead atoms. The fraction of sp³-hybridized carbons (Fsp3) is 0.211. The Bertz CT molecular complexity index is 1050. The summed E-state index contributed by atoms with van der Waals surface area (Å²) in [6.45, 7) is 1.98. The molecule has 0 radical (unpaired) electrons. The first kappa shape index (κ1) is 17.1. The van der Waals surface area contributed by atoms with Gasteiger partial charge in [0.05, 0.1) is 16.9 Å². The maximum atomic E-state index is 12.8. The van der Waals surface area contributed by atoms with E-state index in [-0.39, 0.29) is 17.5 Å². The van der Waals surface area contributed by atoms with Crippen molar-refractivity contribution in [2.45, 2.75) is 13.0 Å². The number of fused-ring (bicyclic) bond motifs is 1. The van der Waals surface area contributed by atoms with E-state index >= 15 is 0 Å². The fourth-order valence-electron chi connectivity index (χ4n) is 2.77. The number of nitrogens with one attached hydrogen (secondary N) is 1. The highest BCUT2D eigenvalue weighted by Crippen LogP contribution is 2.21. The molecule has 0 spiro atoms. The van der Waals surface area contributed by atoms with Crippen LogP contribution in [-0.2, 0) is 7.05 Å². The van der Waals surface area contributed by atoms with Gasteiger partial charge in [-0.05, 0) is 42.9 Å². The Morgan fingerprint density at radius 3 is 2.56 bits per heavy atom. The molecule has 0 unspecified atom stereocenters. The van der Waals surface area contributed by atoms with E-state index in [4.69, 9.17) is 12.2 Å². The van der Waals surface area contributed by atoms with Gasteiger partial charge >= 0.3 is 0 Å². The van der Waals surface area contributed by atoms with Gasteiger partial charge in [0.1, 0.15) is 0 Å². The van der Waals surface area contributed by atoms with Crippen molar-refractivity contribution >= 4 is 29.0 Å². The van der Waals surface area contributed by atoms with Crippen LogP contribution in [0.25, 0.3) is 10.9 Å². The maximum Gasteiger partial charge on any atom is 0.261 e. The predicted molar refractivity (Wildman–Crippen MR) is 101 cm³/mol. The van der Waals surface area contributed by atoms with Crippen LogP contribution in [-0.4, -0.2) is 27.4 Å². The maximum absolute atomic E-state index is 12.8. The van der Waals surface area contributed by atoms with Crippen LogP contribution in [0.5, 0.6) is 0 Å². The van der Waals surface area contributed by atoms with Crippen molar-refractivity contribution in [3.63, 3.8) is 0 Å². The number of H-pyrrole nitrogens is 1. The molecular formula is C19H19N3O2S. The molecule has 6 heteroatoms. The molecule has 0 saturated carbocycles. The van der Waals surface area contributed by atoms with Crippen molar-refractivity contribution in [1.29, 1.82) is 0 Å². The molecule has 0 aliphatic carbocycles. The fourth-order valence-corrected chi connectivity index (χ4v) is 2.97. The van der Waals surface area contributed by atoms with E-state index in [1.165, 1.54) is 4.57 Å². The molecule has 0 fully saturated rings. The SMILES string of the molecule is C[C@H](c1ccccc1)N(C)C(=O)c1ccc2c(=O)n(C)c(=S)[nH]c2c1. The summed E-state index contributed by atoms with van der Waals surface area (Å²) in [5.41, 5.74) is 1.97. The lowest BCUT2D eigenvalue weighted by Crippen LogP contribution is -2.29. The normalized spacial score (nSPS) is 12.1. The summed E-state index contributed by atoms with van der Waals surface area (Å²) in [4.78, 5) is 29.8. The zero-order valence-electron chi connectivity index (χ0n) is 14.3. The number of amides is 1. The number of rotatable bonds is 3. The van der Waals surface area contributed by atoms with E-state index in [0.717, 1.165) is 5.56 Å². The third-order valence-corrected chi connectivity index (χ3v) is 4.91. The number of aromatic nitrogens is 2. The molecule has 1 atom stereocenters. The van der Waals surface area contributed by atoms with Gasteiger partial charge in [0.25, 0.3) is 11.5 Å². The lowest BCUT2D eigenvalue weighted by atomic mass is 10.1. The standard InChI is InChI=1S/C19H19N3O2S/c1-12(13-7-5-4-6-8-13)21(2)17(23)14-9-10-15-16(11-14)20-19(25)22(3)18(15)24/h4-12H,1-3H3,(H,20,25)/t12-/m1/s1. The molecule has 0 aliphatic rings. The minimum Gasteiger partial charge on any atom is -0.335 e. The lowest BCUT2D eigenvalue weighted by Gasteiger charge is -2.25. The third kappa shape index (κ3) is 3.13. The van der Waals surface area contributed by atoms with Crippen LogP contribution < -0.4 is 5.56 Å². The molecule has 1 heterocycles. The summed E-state index contributed by atoms with van der Waals surface area (Å²) in [6.07, 6.45) is 0. The van der Waals surface area contributed by atoms with Crippen LogP contribution in [0.1, 0.15) is 28.9 Å². The van der Waals surface area contributed by atoms with Gasteiger partial charge in [-0.15, -0.1) is 0 Å². The average molecular weight is 353 g/mol. The topological polar surface area (TPSA) is 58.1 Å². The second-order valence-corrected chi connectivity index (χ2v) is 6.44. The average Bonchev–Trinajstić information content (AvgIpc) is 2.64. The molecule has 3 rings (SSSR count). The molecule has 1 amide bonds. The Morgan fingerprint density at radius 2 is 1.88 bits per heavy atom. The highest BCUT2D eigenvalue weighted by Gasteiger charge is 2.19. The highest BCUT2D eigenvalue weighted by atomic mass is 32.1. The van der Waals surface area contributed by atoms with Gasteiger partial charge in [-0.3, -0.25) is 14.2 Å². The number of carbonyl (C=O) groups excluding carboxylic acids is 1. The summed E-state index contributed by atoms with van der Waals surface area (Å²) >= 11 is 5.15. The van der Waals surface area contributed by atoms with Crippen molar-refractivity contribution in [3.05, 3.63) is 74.8 Å². The van der Waals surface area contributed by atoms with Crippen LogP contribution in [0, 0.1) is 4.77 Å². The third-order valence-electron chi connectivity index (χ3n) is 4.53. The van der Waals surface area contributed by atoms with E-state index in [0.29, 0.717) is 21.2 Å². The quantitative estimate of drug-likeness (QED) is 0.734. The first-order chi connectivity index (χ1) is 11.9. The molecule has 1 N–H and O–H groups in total. The largest absolute Gasteiger partial charge is 0.335 e. The number of nitrogens with zero attached hydrogens (tertiary/aromatic N) is 2. The Hall–Kier alpha value is -2.73.